The van der Waals surface area contributed by atoms with Crippen LogP contribution in [0.5, 0.6) is 5.88 Å². The number of carbonyl (C=O) groups is 1. The number of amides is 1. The largest absolute Gasteiger partial charge is 0.476 e. The Morgan fingerprint density at radius 1 is 1.48 bits per heavy atom. The van der Waals surface area contributed by atoms with E-state index in [4.69, 9.17) is 4.74 Å². The second-order valence-corrected chi connectivity index (χ2v) is 5.13. The number of piperidine rings is 1. The topological polar surface area (TPSA) is 54.5 Å². The molecule has 0 bridgehead atoms. The number of carbonyl (C=O) groups excluding carboxylic acids is 1. The molecule has 0 unspecified atom stereocenters. The third kappa shape index (κ3) is 4.93. The highest BCUT2D eigenvalue weighted by Gasteiger charge is 2.33. The van der Waals surface area contributed by atoms with Crippen molar-refractivity contribution in [2.45, 2.75) is 18.5 Å². The van der Waals surface area contributed by atoms with Crippen LogP contribution >= 0.6 is 0 Å². The number of aromatic nitrogens is 1. The summed E-state index contributed by atoms with van der Waals surface area (Å²) in [4.78, 5) is 16.0. The highest BCUT2D eigenvalue weighted by atomic mass is 19.1. The standard InChI is InChI=1S/C14H19F2N3O2/c15-12-1-4-18-13(9-12)21-8-5-17-10-14(16)2-6-19(11-20)7-3-14/h1,4,9,11,17H,2-3,5-8,10H2. The van der Waals surface area contributed by atoms with Crippen molar-refractivity contribution in [2.24, 2.45) is 0 Å². The monoisotopic (exact) mass is 299 g/mol. The van der Waals surface area contributed by atoms with Crippen molar-refractivity contribution in [3.8, 4) is 5.88 Å². The minimum absolute atomic E-state index is 0.214. The molecule has 21 heavy (non-hydrogen) atoms. The third-order valence-corrected chi connectivity index (χ3v) is 3.51. The van der Waals surface area contributed by atoms with E-state index in [-0.39, 0.29) is 19.0 Å². The average Bonchev–Trinajstić information content (AvgIpc) is 2.48. The summed E-state index contributed by atoms with van der Waals surface area (Å²) in [5, 5.41) is 2.98. The van der Waals surface area contributed by atoms with Gasteiger partial charge < -0.3 is 15.0 Å². The summed E-state index contributed by atoms with van der Waals surface area (Å²) in [6.07, 6.45) is 2.76. The molecule has 2 rings (SSSR count). The Balaban J connectivity index is 1.62. The zero-order valence-electron chi connectivity index (χ0n) is 11.7. The molecule has 0 atom stereocenters. The second kappa shape index (κ2) is 7.31. The number of likely N-dealkylation sites (tertiary alicyclic amines) is 1. The van der Waals surface area contributed by atoms with Gasteiger partial charge in [-0.25, -0.2) is 13.8 Å². The van der Waals surface area contributed by atoms with Crippen molar-refractivity contribution in [1.29, 1.82) is 0 Å². The molecule has 7 heteroatoms. The van der Waals surface area contributed by atoms with E-state index in [1.165, 1.54) is 18.3 Å². The van der Waals surface area contributed by atoms with Gasteiger partial charge >= 0.3 is 0 Å². The lowest BCUT2D eigenvalue weighted by molar-refractivity contribution is -0.120. The van der Waals surface area contributed by atoms with E-state index < -0.39 is 11.5 Å². The molecule has 1 aliphatic rings. The fourth-order valence-electron chi connectivity index (χ4n) is 2.21. The first-order chi connectivity index (χ1) is 10.1. The van der Waals surface area contributed by atoms with E-state index in [0.29, 0.717) is 32.5 Å². The number of nitrogens with zero attached hydrogens (tertiary/aromatic N) is 2. The van der Waals surface area contributed by atoms with Crippen LogP contribution in [0.15, 0.2) is 18.3 Å². The van der Waals surface area contributed by atoms with Crippen LogP contribution < -0.4 is 10.1 Å². The first-order valence-electron chi connectivity index (χ1n) is 6.95. The molecule has 0 radical (unpaired) electrons. The van der Waals surface area contributed by atoms with Gasteiger partial charge in [-0.2, -0.15) is 0 Å². The Morgan fingerprint density at radius 2 is 2.24 bits per heavy atom. The van der Waals surface area contributed by atoms with E-state index in [9.17, 15) is 13.6 Å². The van der Waals surface area contributed by atoms with E-state index in [2.05, 4.69) is 10.3 Å². The molecule has 0 aromatic carbocycles. The molecule has 1 aliphatic heterocycles. The SMILES string of the molecule is O=CN1CCC(F)(CNCCOc2cc(F)ccn2)CC1. The smallest absolute Gasteiger partial charge is 0.216 e. The third-order valence-electron chi connectivity index (χ3n) is 3.51. The number of rotatable bonds is 7. The van der Waals surface area contributed by atoms with Crippen molar-refractivity contribution >= 4 is 6.41 Å². The summed E-state index contributed by atoms with van der Waals surface area (Å²) in [5.74, 6) is -0.191. The molecule has 1 aromatic rings. The van der Waals surface area contributed by atoms with Crippen LogP contribution in [-0.4, -0.2) is 54.7 Å². The molecule has 1 amide bonds. The Kier molecular flexibility index (Phi) is 5.44. The molecular weight excluding hydrogens is 280 g/mol. The zero-order valence-corrected chi connectivity index (χ0v) is 11.7. The van der Waals surface area contributed by atoms with E-state index in [1.807, 2.05) is 0 Å². The quantitative estimate of drug-likeness (QED) is 0.606. The molecule has 116 valence electrons. The van der Waals surface area contributed by atoms with Gasteiger partial charge in [0.05, 0.1) is 0 Å². The van der Waals surface area contributed by atoms with E-state index in [1.54, 1.807) is 4.90 Å². The first-order valence-corrected chi connectivity index (χ1v) is 6.95. The number of nitrogens with one attached hydrogen (secondary N) is 1. The molecule has 0 aliphatic carbocycles. The lowest BCUT2D eigenvalue weighted by atomic mass is 9.93. The molecule has 5 nitrogen and oxygen atoms in total. The van der Waals surface area contributed by atoms with Crippen LogP contribution in [0.4, 0.5) is 8.78 Å². The maximum Gasteiger partial charge on any atom is 0.216 e. The normalized spacial score (nSPS) is 17.5. The van der Waals surface area contributed by atoms with Crippen LogP contribution in [0.1, 0.15) is 12.8 Å². The summed E-state index contributed by atoms with van der Waals surface area (Å²) in [6.45, 7) is 1.85. The van der Waals surface area contributed by atoms with Crippen molar-refractivity contribution < 1.29 is 18.3 Å². The Hall–Kier alpha value is -1.76. The highest BCUT2D eigenvalue weighted by molar-refractivity contribution is 5.47. The Bertz CT molecular complexity index is 465. The van der Waals surface area contributed by atoms with Gasteiger partial charge in [-0.15, -0.1) is 0 Å². The molecule has 2 heterocycles. The van der Waals surface area contributed by atoms with Gasteiger partial charge in [0.1, 0.15) is 18.1 Å². The fraction of sp³-hybridized carbons (Fsp3) is 0.571. The molecule has 1 aromatic heterocycles. The van der Waals surface area contributed by atoms with Crippen molar-refractivity contribution in [3.05, 3.63) is 24.1 Å². The number of ether oxygens (including phenoxy) is 1. The minimum Gasteiger partial charge on any atom is -0.476 e. The van der Waals surface area contributed by atoms with Gasteiger partial charge in [-0.05, 0) is 6.07 Å². The van der Waals surface area contributed by atoms with Crippen molar-refractivity contribution in [1.82, 2.24) is 15.2 Å². The molecule has 1 fully saturated rings. The van der Waals surface area contributed by atoms with Crippen LogP contribution in [0.2, 0.25) is 0 Å². The van der Waals surface area contributed by atoms with Crippen molar-refractivity contribution in [2.75, 3.05) is 32.8 Å². The van der Waals surface area contributed by atoms with Crippen molar-refractivity contribution in [3.63, 3.8) is 0 Å². The number of alkyl halides is 1. The minimum atomic E-state index is -1.28. The van der Waals surface area contributed by atoms with E-state index >= 15 is 0 Å². The zero-order chi connectivity index (χ0) is 15.1. The maximum absolute atomic E-state index is 14.4. The Morgan fingerprint density at radius 3 is 2.90 bits per heavy atom. The van der Waals surface area contributed by atoms with Gasteiger partial charge in [0.25, 0.3) is 0 Å². The molecule has 1 N–H and O–H groups in total. The molecular formula is C14H19F2N3O2. The lowest BCUT2D eigenvalue weighted by Crippen LogP contribution is -2.47. The summed E-state index contributed by atoms with van der Waals surface area (Å²) < 4.78 is 32.5. The van der Waals surface area contributed by atoms with Crippen LogP contribution in [-0.2, 0) is 4.79 Å². The van der Waals surface area contributed by atoms with Crippen LogP contribution in [0.25, 0.3) is 0 Å². The van der Waals surface area contributed by atoms with E-state index in [0.717, 1.165) is 6.41 Å². The maximum atomic E-state index is 14.4. The number of halogens is 2. The lowest BCUT2D eigenvalue weighted by Gasteiger charge is -2.34. The van der Waals surface area contributed by atoms with Gasteiger partial charge in [0.2, 0.25) is 12.3 Å². The molecule has 0 saturated carbocycles. The summed E-state index contributed by atoms with van der Waals surface area (Å²) >= 11 is 0. The summed E-state index contributed by atoms with van der Waals surface area (Å²) in [6, 6.07) is 2.44. The fourth-order valence-corrected chi connectivity index (χ4v) is 2.21. The summed E-state index contributed by atoms with van der Waals surface area (Å²) in [5.41, 5.74) is -1.28. The Labute approximate surface area is 122 Å². The molecule has 0 spiro atoms. The second-order valence-electron chi connectivity index (χ2n) is 5.13. The highest BCUT2D eigenvalue weighted by Crippen LogP contribution is 2.25. The van der Waals surface area contributed by atoms with Crippen LogP contribution in [0.3, 0.4) is 0 Å². The van der Waals surface area contributed by atoms with Gasteiger partial charge in [-0.3, -0.25) is 4.79 Å². The number of hydrogen-bond donors (Lipinski definition) is 1. The van der Waals surface area contributed by atoms with Gasteiger partial charge in [0.15, 0.2) is 0 Å². The van der Waals surface area contributed by atoms with Crippen LogP contribution in [0, 0.1) is 5.82 Å². The van der Waals surface area contributed by atoms with Gasteiger partial charge in [-0.1, -0.05) is 0 Å². The predicted molar refractivity (Wildman–Crippen MR) is 73.3 cm³/mol. The van der Waals surface area contributed by atoms with Gasteiger partial charge in [0, 0.05) is 51.3 Å². The number of pyridine rings is 1. The first kappa shape index (κ1) is 15.6. The molecule has 1 saturated heterocycles. The number of hydrogen-bond acceptors (Lipinski definition) is 4. The average molecular weight is 299 g/mol. The predicted octanol–water partition coefficient (Wildman–Crippen LogP) is 1.15. The summed E-state index contributed by atoms with van der Waals surface area (Å²) in [7, 11) is 0.